The van der Waals surface area contributed by atoms with Gasteiger partial charge in [0, 0.05) is 47.9 Å². The highest BCUT2D eigenvalue weighted by atomic mass is 19.1. The largest absolute Gasteiger partial charge is 0.348 e. The van der Waals surface area contributed by atoms with Crippen LogP contribution in [0.3, 0.4) is 0 Å². The number of nitrogens with two attached hydrogens (primary N) is 1. The molecule has 0 spiro atoms. The smallest absolute Gasteiger partial charge is 0.251 e. The van der Waals surface area contributed by atoms with Gasteiger partial charge in [0.15, 0.2) is 5.65 Å². The first-order valence-corrected chi connectivity index (χ1v) is 8.72. The van der Waals surface area contributed by atoms with Crippen molar-refractivity contribution in [3.63, 3.8) is 0 Å². The number of carbonyl (C=O) groups is 1. The monoisotopic (exact) mass is 365 g/mol. The van der Waals surface area contributed by atoms with Crippen LogP contribution in [0.5, 0.6) is 0 Å². The fraction of sp³-hybridized carbons (Fsp3) is 0.200. The van der Waals surface area contributed by atoms with Gasteiger partial charge in [0.2, 0.25) is 0 Å². The van der Waals surface area contributed by atoms with Gasteiger partial charge in [-0.15, -0.1) is 0 Å². The van der Waals surface area contributed by atoms with Crippen molar-refractivity contribution in [3.05, 3.63) is 60.0 Å². The molecule has 0 fully saturated rings. The lowest BCUT2D eigenvalue weighted by Gasteiger charge is -2.11. The molecule has 6 nitrogen and oxygen atoms in total. The van der Waals surface area contributed by atoms with Gasteiger partial charge < -0.3 is 11.1 Å². The first-order valence-electron chi connectivity index (χ1n) is 8.72. The SMILES string of the molecule is CC(CN)NC(=O)c1ccc2c(c1)c1cn(C)nc1n2-c1ccc(F)cc1. The summed E-state index contributed by atoms with van der Waals surface area (Å²) in [5.41, 5.74) is 8.62. The van der Waals surface area contributed by atoms with Crippen molar-refractivity contribution < 1.29 is 9.18 Å². The average molecular weight is 365 g/mol. The van der Waals surface area contributed by atoms with Crippen molar-refractivity contribution >= 4 is 27.8 Å². The Morgan fingerprint density at radius 2 is 1.96 bits per heavy atom. The summed E-state index contributed by atoms with van der Waals surface area (Å²) < 4.78 is 17.0. The minimum absolute atomic E-state index is 0.101. The first-order chi connectivity index (χ1) is 13.0. The Balaban J connectivity index is 1.91. The molecule has 4 rings (SSSR count). The lowest BCUT2D eigenvalue weighted by atomic mass is 10.1. The Kier molecular flexibility index (Phi) is 4.16. The summed E-state index contributed by atoms with van der Waals surface area (Å²) in [4.78, 5) is 12.5. The molecule has 1 amide bonds. The van der Waals surface area contributed by atoms with E-state index in [2.05, 4.69) is 10.4 Å². The molecule has 0 saturated heterocycles. The number of nitrogens with one attached hydrogen (secondary N) is 1. The standard InChI is InChI=1S/C20H20FN5O/c1-12(10-22)23-20(27)13-3-8-18-16(9-13)17-11-25(2)24-19(17)26(18)15-6-4-14(21)5-7-15/h3-9,11-12H,10,22H2,1-2H3,(H,23,27). The first kappa shape index (κ1) is 17.2. The van der Waals surface area contributed by atoms with Crippen molar-refractivity contribution in [2.75, 3.05) is 6.54 Å². The van der Waals surface area contributed by atoms with Crippen molar-refractivity contribution in [1.82, 2.24) is 19.7 Å². The Morgan fingerprint density at radius 1 is 1.22 bits per heavy atom. The van der Waals surface area contributed by atoms with E-state index >= 15 is 0 Å². The lowest BCUT2D eigenvalue weighted by Crippen LogP contribution is -2.37. The van der Waals surface area contributed by atoms with Crippen molar-refractivity contribution in [2.45, 2.75) is 13.0 Å². The molecule has 138 valence electrons. The summed E-state index contributed by atoms with van der Waals surface area (Å²) in [6.07, 6.45) is 1.92. The summed E-state index contributed by atoms with van der Waals surface area (Å²) in [5.74, 6) is -0.457. The number of aryl methyl sites for hydroxylation is 1. The van der Waals surface area contributed by atoms with E-state index in [1.54, 1.807) is 22.9 Å². The van der Waals surface area contributed by atoms with Gasteiger partial charge in [0.1, 0.15) is 5.82 Å². The maximum Gasteiger partial charge on any atom is 0.251 e. The van der Waals surface area contributed by atoms with Crippen molar-refractivity contribution in [1.29, 1.82) is 0 Å². The third kappa shape index (κ3) is 2.96. The third-order valence-corrected chi connectivity index (χ3v) is 4.63. The molecule has 7 heteroatoms. The second-order valence-electron chi connectivity index (χ2n) is 6.69. The van der Waals surface area contributed by atoms with E-state index < -0.39 is 0 Å². The summed E-state index contributed by atoms with van der Waals surface area (Å²) >= 11 is 0. The number of rotatable bonds is 4. The van der Waals surface area contributed by atoms with Crippen LogP contribution in [0.1, 0.15) is 17.3 Å². The van der Waals surface area contributed by atoms with Gasteiger partial charge in [0.25, 0.3) is 5.91 Å². The van der Waals surface area contributed by atoms with Gasteiger partial charge in [-0.3, -0.25) is 14.0 Å². The van der Waals surface area contributed by atoms with Crippen LogP contribution >= 0.6 is 0 Å². The molecule has 0 aliphatic heterocycles. The molecule has 1 atom stereocenters. The summed E-state index contributed by atoms with van der Waals surface area (Å²) in [6.45, 7) is 2.24. The quantitative estimate of drug-likeness (QED) is 0.584. The molecule has 0 aliphatic rings. The normalized spacial score (nSPS) is 12.6. The minimum atomic E-state index is -0.291. The number of halogens is 1. The molecule has 0 bridgehead atoms. The highest BCUT2D eigenvalue weighted by Crippen LogP contribution is 2.31. The summed E-state index contributed by atoms with van der Waals surface area (Å²) in [6, 6.07) is 11.7. The van der Waals surface area contributed by atoms with Crippen LogP contribution in [0.2, 0.25) is 0 Å². The fourth-order valence-electron chi connectivity index (χ4n) is 3.25. The Morgan fingerprint density at radius 3 is 2.67 bits per heavy atom. The van der Waals surface area contributed by atoms with Gasteiger partial charge in [-0.25, -0.2) is 4.39 Å². The van der Waals surface area contributed by atoms with E-state index in [4.69, 9.17) is 5.73 Å². The van der Waals surface area contributed by atoms with E-state index in [1.807, 2.05) is 36.9 Å². The number of amides is 1. The van der Waals surface area contributed by atoms with Gasteiger partial charge in [-0.1, -0.05) is 0 Å². The second-order valence-corrected chi connectivity index (χ2v) is 6.69. The van der Waals surface area contributed by atoms with Crippen molar-refractivity contribution in [2.24, 2.45) is 12.8 Å². The third-order valence-electron chi connectivity index (χ3n) is 4.63. The zero-order chi connectivity index (χ0) is 19.1. The van der Waals surface area contributed by atoms with Gasteiger partial charge in [-0.05, 0) is 49.4 Å². The Bertz CT molecular complexity index is 1140. The molecule has 27 heavy (non-hydrogen) atoms. The zero-order valence-electron chi connectivity index (χ0n) is 15.1. The predicted molar refractivity (Wildman–Crippen MR) is 103 cm³/mol. The number of hydrogen-bond acceptors (Lipinski definition) is 3. The lowest BCUT2D eigenvalue weighted by molar-refractivity contribution is 0.0941. The van der Waals surface area contributed by atoms with Gasteiger partial charge >= 0.3 is 0 Å². The highest BCUT2D eigenvalue weighted by molar-refractivity contribution is 6.10. The average Bonchev–Trinajstić information content (AvgIpc) is 3.17. The number of benzene rings is 2. The van der Waals surface area contributed by atoms with Crippen molar-refractivity contribution in [3.8, 4) is 5.69 Å². The molecule has 3 N–H and O–H groups in total. The van der Waals surface area contributed by atoms with Crippen LogP contribution in [0.15, 0.2) is 48.7 Å². The molecule has 0 aliphatic carbocycles. The number of fused-ring (bicyclic) bond motifs is 3. The number of nitrogens with zero attached hydrogens (tertiary/aromatic N) is 3. The van der Waals surface area contributed by atoms with Crippen LogP contribution in [-0.2, 0) is 7.05 Å². The zero-order valence-corrected chi connectivity index (χ0v) is 15.1. The van der Waals surface area contributed by atoms with Crippen LogP contribution < -0.4 is 11.1 Å². The van der Waals surface area contributed by atoms with E-state index in [0.29, 0.717) is 12.1 Å². The molecule has 2 aromatic heterocycles. The molecule has 2 aromatic carbocycles. The molecule has 2 heterocycles. The molecular formula is C20H20FN5O. The second kappa shape index (κ2) is 6.51. The van der Waals surface area contributed by atoms with Gasteiger partial charge in [0.05, 0.1) is 5.52 Å². The number of hydrogen-bond donors (Lipinski definition) is 2. The van der Waals surface area contributed by atoms with E-state index in [9.17, 15) is 9.18 Å². The van der Waals surface area contributed by atoms with E-state index in [0.717, 1.165) is 27.6 Å². The maximum atomic E-state index is 13.4. The Labute approximate surface area is 155 Å². The van der Waals surface area contributed by atoms with Crippen LogP contribution in [0.4, 0.5) is 4.39 Å². The molecule has 4 aromatic rings. The summed E-state index contributed by atoms with van der Waals surface area (Å²) in [7, 11) is 1.85. The summed E-state index contributed by atoms with van der Waals surface area (Å²) in [5, 5.41) is 9.27. The highest BCUT2D eigenvalue weighted by Gasteiger charge is 2.18. The van der Waals surface area contributed by atoms with Gasteiger partial charge in [-0.2, -0.15) is 5.10 Å². The number of carbonyl (C=O) groups excluding carboxylic acids is 1. The number of aromatic nitrogens is 3. The van der Waals surface area contributed by atoms with Crippen LogP contribution in [0.25, 0.3) is 27.6 Å². The van der Waals surface area contributed by atoms with E-state index in [1.165, 1.54) is 12.1 Å². The van der Waals surface area contributed by atoms with E-state index in [-0.39, 0.29) is 17.8 Å². The molecule has 1 unspecified atom stereocenters. The van der Waals surface area contributed by atoms with Crippen LogP contribution in [-0.4, -0.2) is 32.8 Å². The maximum absolute atomic E-state index is 13.4. The fourth-order valence-corrected chi connectivity index (χ4v) is 3.25. The predicted octanol–water partition coefficient (Wildman–Crippen LogP) is 2.73. The minimum Gasteiger partial charge on any atom is -0.348 e. The molecule has 0 saturated carbocycles. The molecule has 0 radical (unpaired) electrons. The molecular weight excluding hydrogens is 345 g/mol. The Hall–Kier alpha value is -3.19. The topological polar surface area (TPSA) is 77.9 Å². The van der Waals surface area contributed by atoms with Crippen LogP contribution in [0, 0.1) is 5.82 Å².